The molecule has 52 valence electrons. The van der Waals surface area contributed by atoms with Gasteiger partial charge in [0.05, 0.1) is 5.55 Å². The number of nitrogens with zero attached hydrogens (tertiary/aromatic N) is 1. The number of hydrogen-bond acceptors (Lipinski definition) is 3. The Hall–Kier alpha value is 0.619. The van der Waals surface area contributed by atoms with E-state index in [0.717, 1.165) is 6.54 Å². The molecular weight excluding hydrogens is 241 g/mol. The molecule has 0 aromatic rings. The minimum absolute atomic E-state index is 1.03. The first-order valence-electron chi connectivity index (χ1n) is 2.80. The molecule has 1 aliphatic heterocycles. The predicted molar refractivity (Wildman–Crippen MR) is 44.0 cm³/mol. The Labute approximate surface area is 67.2 Å². The van der Waals surface area contributed by atoms with Crippen molar-refractivity contribution in [2.45, 2.75) is 9.88 Å². The van der Waals surface area contributed by atoms with Gasteiger partial charge in [-0.3, -0.25) is 4.99 Å². The van der Waals surface area contributed by atoms with Gasteiger partial charge in [-0.2, -0.15) is 0 Å². The van der Waals surface area contributed by atoms with Crippen LogP contribution in [0.1, 0.15) is 0 Å². The molecule has 0 N–H and O–H groups in total. The molecule has 0 bridgehead atoms. The second-order valence-electron chi connectivity index (χ2n) is 1.79. The third-order valence-corrected chi connectivity index (χ3v) is 1.20. The third-order valence-electron chi connectivity index (χ3n) is 0.487. The summed E-state index contributed by atoms with van der Waals surface area (Å²) in [5.74, 6) is 1.19. The van der Waals surface area contributed by atoms with Crippen molar-refractivity contribution in [3.63, 3.8) is 0 Å². The Morgan fingerprint density at radius 3 is 2.33 bits per heavy atom. The van der Waals surface area contributed by atoms with E-state index in [1.165, 1.54) is 5.75 Å². The van der Waals surface area contributed by atoms with E-state index < -0.39 is 19.7 Å². The second kappa shape index (κ2) is 6.73. The summed E-state index contributed by atoms with van der Waals surface area (Å²) >= 11 is -0.0109. The van der Waals surface area contributed by atoms with Gasteiger partial charge in [-0.25, -0.2) is 0 Å². The fourth-order valence-corrected chi connectivity index (χ4v) is 0.791. The molecule has 0 saturated carbocycles. The van der Waals surface area contributed by atoms with Gasteiger partial charge >= 0.3 is 32.7 Å². The predicted octanol–water partition coefficient (Wildman–Crippen LogP) is 1.43. The Balaban J connectivity index is 0.000000148. The van der Waals surface area contributed by atoms with Crippen LogP contribution in [0.3, 0.4) is 0 Å². The van der Waals surface area contributed by atoms with Crippen LogP contribution in [0.5, 0.6) is 0 Å². The van der Waals surface area contributed by atoms with Crippen molar-refractivity contribution in [1.82, 2.24) is 0 Å². The molecule has 9 heavy (non-hydrogen) atoms. The summed E-state index contributed by atoms with van der Waals surface area (Å²) in [7, 11) is 0. The van der Waals surface area contributed by atoms with Gasteiger partial charge in [-0.15, -0.1) is 11.8 Å². The Morgan fingerprint density at radius 1 is 1.67 bits per heavy atom. The van der Waals surface area contributed by atoms with E-state index in [2.05, 4.69) is 4.99 Å². The summed E-state index contributed by atoms with van der Waals surface area (Å²) in [6, 6.07) is 0. The van der Waals surface area contributed by atoms with E-state index in [9.17, 15) is 3.08 Å². The zero-order valence-electron chi connectivity index (χ0n) is 5.76. The van der Waals surface area contributed by atoms with Gasteiger partial charge in [0.1, 0.15) is 0 Å². The average molecular weight is 252 g/mol. The van der Waals surface area contributed by atoms with E-state index in [1.807, 2.05) is 15.4 Å². The summed E-state index contributed by atoms with van der Waals surface area (Å²) in [4.78, 5) is 7.54. The normalized spacial score (nSPS) is 14.4. The van der Waals surface area contributed by atoms with Crippen LogP contribution in [0.4, 0.5) is 0 Å². The van der Waals surface area contributed by atoms with Crippen molar-refractivity contribution < 1.29 is 3.08 Å². The maximum atomic E-state index is 9.72. The van der Waals surface area contributed by atoms with Crippen LogP contribution in [-0.2, 0) is 3.08 Å². The van der Waals surface area contributed by atoms with Gasteiger partial charge in [0.2, 0.25) is 0 Å². The first-order chi connectivity index (χ1) is 4.23. The Kier molecular flexibility index (Phi) is 7.20. The molecule has 0 aliphatic carbocycles. The molecule has 0 unspecified atom stereocenters. The van der Waals surface area contributed by atoms with Crippen LogP contribution >= 0.6 is 11.8 Å². The number of hydrogen-bond donors (Lipinski definition) is 0. The van der Waals surface area contributed by atoms with Gasteiger partial charge in [-0.1, -0.05) is 0 Å². The molecule has 0 spiro atoms. The topological polar surface area (TPSA) is 29.4 Å². The fourth-order valence-electron chi connectivity index (χ4n) is 0.264. The van der Waals surface area contributed by atoms with Crippen LogP contribution in [-0.4, -0.2) is 37.6 Å². The van der Waals surface area contributed by atoms with Crippen LogP contribution in [0.2, 0.25) is 9.88 Å². The van der Waals surface area contributed by atoms with E-state index in [4.69, 9.17) is 0 Å². The summed E-state index contributed by atoms with van der Waals surface area (Å²) < 4.78 is 9.72. The van der Waals surface area contributed by atoms with Crippen molar-refractivity contribution in [3.05, 3.63) is 0 Å². The molecule has 0 saturated heterocycles. The van der Waals surface area contributed by atoms with E-state index in [1.54, 1.807) is 11.8 Å². The zero-order valence-corrected chi connectivity index (χ0v) is 9.43. The maximum absolute atomic E-state index is 9.72. The molecule has 0 aromatic carbocycles. The van der Waals surface area contributed by atoms with Crippen LogP contribution in [0.25, 0.3) is 0 Å². The first kappa shape index (κ1) is 9.62. The van der Waals surface area contributed by atoms with Crippen molar-refractivity contribution in [3.8, 4) is 0 Å². The molecule has 1 heterocycles. The average Bonchev–Trinajstić information content (AvgIpc) is 2.11. The Bertz CT molecular complexity index is 106. The zero-order chi connectivity index (χ0) is 7.11. The summed E-state index contributed by atoms with van der Waals surface area (Å²) in [6.07, 6.45) is 0. The SMILES string of the molecule is C1=NCCS1.[CH3][Sn]([CH3])=[O]. The van der Waals surface area contributed by atoms with Crippen molar-refractivity contribution in [2.24, 2.45) is 4.99 Å². The molecule has 0 radical (unpaired) electrons. The van der Waals surface area contributed by atoms with Crippen molar-refractivity contribution in [1.29, 1.82) is 0 Å². The molecule has 1 aliphatic rings. The third kappa shape index (κ3) is 12.0. The molecule has 1 rings (SSSR count). The molecule has 2 nitrogen and oxygen atoms in total. The monoisotopic (exact) mass is 253 g/mol. The van der Waals surface area contributed by atoms with Crippen molar-refractivity contribution in [2.75, 3.05) is 12.3 Å². The summed E-state index contributed by atoms with van der Waals surface area (Å²) in [5.41, 5.74) is 1.90. The van der Waals surface area contributed by atoms with Crippen molar-refractivity contribution >= 4 is 37.1 Å². The summed E-state index contributed by atoms with van der Waals surface area (Å²) in [6.45, 7) is 1.03. The van der Waals surface area contributed by atoms with Gasteiger partial charge in [0, 0.05) is 12.3 Å². The minimum atomic E-state index is -1.79. The van der Waals surface area contributed by atoms with Crippen LogP contribution in [0, 0.1) is 0 Å². The fraction of sp³-hybridized carbons (Fsp3) is 0.800. The first-order valence-corrected chi connectivity index (χ1v) is 10.7. The van der Waals surface area contributed by atoms with Gasteiger partial charge in [-0.05, 0) is 0 Å². The van der Waals surface area contributed by atoms with Gasteiger partial charge in [0.25, 0.3) is 0 Å². The van der Waals surface area contributed by atoms with E-state index in [-0.39, 0.29) is 0 Å². The molecule has 4 heteroatoms. The molecule has 0 atom stereocenters. The van der Waals surface area contributed by atoms with E-state index in [0.29, 0.717) is 0 Å². The number of aliphatic imine (C=N–C) groups is 1. The summed E-state index contributed by atoms with van der Waals surface area (Å²) in [5, 5.41) is 0. The van der Waals surface area contributed by atoms with E-state index >= 15 is 0 Å². The quantitative estimate of drug-likeness (QED) is 0.610. The van der Waals surface area contributed by atoms with Gasteiger partial charge < -0.3 is 0 Å². The number of thioether (sulfide) groups is 1. The van der Waals surface area contributed by atoms with Crippen LogP contribution in [0.15, 0.2) is 4.99 Å². The molecule has 0 aromatic heterocycles. The molecular formula is C5H11NOSSn. The Morgan fingerprint density at radius 2 is 2.22 bits per heavy atom. The van der Waals surface area contributed by atoms with Gasteiger partial charge in [0.15, 0.2) is 0 Å². The van der Waals surface area contributed by atoms with Crippen LogP contribution < -0.4 is 0 Å². The number of rotatable bonds is 0. The second-order valence-corrected chi connectivity index (χ2v) is 7.93. The standard InChI is InChI=1S/C3H5NS.2CH3.O.Sn/c1-2-5-3-4-1;;;;/h3H,1-2H2;2*1H3;;. The molecule has 0 fully saturated rings. The molecule has 0 amide bonds.